The lowest BCUT2D eigenvalue weighted by Gasteiger charge is -2.15. The standard InChI is InChI=1S/C11H13NO2/c1-13-11-10(3-2-6-12-11)9-4-7-14-8-5-9/h2-4,6H,5,7-8H2,1H3. The molecule has 2 heterocycles. The minimum Gasteiger partial charge on any atom is -0.481 e. The third-order valence-electron chi connectivity index (χ3n) is 2.27. The van der Waals surface area contributed by atoms with Crippen molar-refractivity contribution in [3.05, 3.63) is 30.0 Å². The van der Waals surface area contributed by atoms with Crippen LogP contribution in [0.5, 0.6) is 5.88 Å². The summed E-state index contributed by atoms with van der Waals surface area (Å²) in [5.41, 5.74) is 2.35. The van der Waals surface area contributed by atoms with Gasteiger partial charge in [0.1, 0.15) is 0 Å². The molecule has 74 valence electrons. The zero-order chi connectivity index (χ0) is 9.80. The summed E-state index contributed by atoms with van der Waals surface area (Å²) < 4.78 is 10.5. The third kappa shape index (κ3) is 1.77. The van der Waals surface area contributed by atoms with Crippen LogP contribution in [0.2, 0.25) is 0 Å². The van der Waals surface area contributed by atoms with Crippen LogP contribution in [-0.4, -0.2) is 25.3 Å². The predicted octanol–water partition coefficient (Wildman–Crippen LogP) is 1.89. The minimum absolute atomic E-state index is 0.688. The Morgan fingerprint density at radius 1 is 1.50 bits per heavy atom. The topological polar surface area (TPSA) is 31.4 Å². The van der Waals surface area contributed by atoms with Gasteiger partial charge in [0.25, 0.3) is 0 Å². The van der Waals surface area contributed by atoms with Crippen LogP contribution in [0, 0.1) is 0 Å². The van der Waals surface area contributed by atoms with Gasteiger partial charge < -0.3 is 9.47 Å². The molecule has 0 bridgehead atoms. The maximum Gasteiger partial charge on any atom is 0.220 e. The van der Waals surface area contributed by atoms with E-state index in [4.69, 9.17) is 9.47 Å². The first kappa shape index (κ1) is 9.21. The number of nitrogens with zero attached hydrogens (tertiary/aromatic N) is 1. The largest absolute Gasteiger partial charge is 0.481 e. The van der Waals surface area contributed by atoms with E-state index in [0.717, 1.165) is 18.6 Å². The lowest BCUT2D eigenvalue weighted by molar-refractivity contribution is 0.161. The molecule has 0 saturated heterocycles. The fraction of sp³-hybridized carbons (Fsp3) is 0.364. The van der Waals surface area contributed by atoms with Crippen molar-refractivity contribution in [2.75, 3.05) is 20.3 Å². The summed E-state index contributed by atoms with van der Waals surface area (Å²) in [4.78, 5) is 4.17. The van der Waals surface area contributed by atoms with Gasteiger partial charge in [-0.05, 0) is 24.1 Å². The zero-order valence-electron chi connectivity index (χ0n) is 8.19. The number of hydrogen-bond donors (Lipinski definition) is 0. The molecule has 0 unspecified atom stereocenters. The number of ether oxygens (including phenoxy) is 2. The lowest BCUT2D eigenvalue weighted by atomic mass is 10.0. The van der Waals surface area contributed by atoms with E-state index in [1.165, 1.54) is 5.57 Å². The lowest BCUT2D eigenvalue weighted by Crippen LogP contribution is -2.05. The summed E-state index contributed by atoms with van der Waals surface area (Å²) in [5, 5.41) is 0. The molecule has 0 N–H and O–H groups in total. The third-order valence-corrected chi connectivity index (χ3v) is 2.27. The summed E-state index contributed by atoms with van der Waals surface area (Å²) in [7, 11) is 1.64. The first-order valence-electron chi connectivity index (χ1n) is 4.68. The number of aromatic nitrogens is 1. The Balaban J connectivity index is 2.34. The molecule has 1 aromatic rings. The highest BCUT2D eigenvalue weighted by atomic mass is 16.5. The highest BCUT2D eigenvalue weighted by Crippen LogP contribution is 2.27. The molecule has 14 heavy (non-hydrogen) atoms. The quantitative estimate of drug-likeness (QED) is 0.715. The van der Waals surface area contributed by atoms with Crippen molar-refractivity contribution in [2.45, 2.75) is 6.42 Å². The molecule has 3 heteroatoms. The predicted molar refractivity (Wildman–Crippen MR) is 54.2 cm³/mol. The molecule has 0 fully saturated rings. The molecule has 1 aliphatic heterocycles. The molecule has 0 spiro atoms. The molecule has 1 aliphatic rings. The van der Waals surface area contributed by atoms with Crippen LogP contribution >= 0.6 is 0 Å². The number of methoxy groups -OCH3 is 1. The Bertz CT molecular complexity index is 347. The van der Waals surface area contributed by atoms with Crippen molar-refractivity contribution in [1.82, 2.24) is 4.98 Å². The smallest absolute Gasteiger partial charge is 0.220 e. The van der Waals surface area contributed by atoms with Gasteiger partial charge in [-0.25, -0.2) is 4.98 Å². The summed E-state index contributed by atoms with van der Waals surface area (Å²) >= 11 is 0. The van der Waals surface area contributed by atoms with E-state index in [0.29, 0.717) is 12.5 Å². The first-order chi connectivity index (χ1) is 6.92. The van der Waals surface area contributed by atoms with Crippen molar-refractivity contribution >= 4 is 5.57 Å². The van der Waals surface area contributed by atoms with Crippen molar-refractivity contribution in [3.8, 4) is 5.88 Å². The van der Waals surface area contributed by atoms with Gasteiger partial charge in [0, 0.05) is 11.8 Å². The second-order valence-corrected chi connectivity index (χ2v) is 3.11. The molecular formula is C11H13NO2. The Morgan fingerprint density at radius 3 is 3.14 bits per heavy atom. The van der Waals surface area contributed by atoms with E-state index in [1.54, 1.807) is 13.3 Å². The average molecular weight is 191 g/mol. The molecule has 0 atom stereocenters. The van der Waals surface area contributed by atoms with E-state index < -0.39 is 0 Å². The fourth-order valence-corrected chi connectivity index (χ4v) is 1.57. The summed E-state index contributed by atoms with van der Waals surface area (Å²) in [5.74, 6) is 0.695. The molecular weight excluding hydrogens is 178 g/mol. The summed E-state index contributed by atoms with van der Waals surface area (Å²) in [6.07, 6.45) is 4.76. The molecule has 0 aromatic carbocycles. The number of pyridine rings is 1. The van der Waals surface area contributed by atoms with Crippen molar-refractivity contribution < 1.29 is 9.47 Å². The van der Waals surface area contributed by atoms with Crippen molar-refractivity contribution in [2.24, 2.45) is 0 Å². The van der Waals surface area contributed by atoms with Gasteiger partial charge in [0.15, 0.2) is 0 Å². The van der Waals surface area contributed by atoms with Gasteiger partial charge in [-0.1, -0.05) is 6.08 Å². The average Bonchev–Trinajstić information content (AvgIpc) is 2.30. The van der Waals surface area contributed by atoms with E-state index in [1.807, 2.05) is 12.1 Å². The maximum absolute atomic E-state index is 5.26. The minimum atomic E-state index is 0.688. The summed E-state index contributed by atoms with van der Waals surface area (Å²) in [6.45, 7) is 1.47. The molecule has 0 saturated carbocycles. The maximum atomic E-state index is 5.26. The molecule has 3 nitrogen and oxygen atoms in total. The van der Waals surface area contributed by atoms with Gasteiger partial charge in [0.05, 0.1) is 20.3 Å². The van der Waals surface area contributed by atoms with Gasteiger partial charge in [-0.15, -0.1) is 0 Å². The molecule has 1 aromatic heterocycles. The van der Waals surface area contributed by atoms with E-state index in [2.05, 4.69) is 11.1 Å². The van der Waals surface area contributed by atoms with Crippen LogP contribution in [0.25, 0.3) is 5.57 Å². The number of hydrogen-bond acceptors (Lipinski definition) is 3. The second kappa shape index (κ2) is 4.24. The molecule has 0 radical (unpaired) electrons. The van der Waals surface area contributed by atoms with Gasteiger partial charge in [0.2, 0.25) is 5.88 Å². The van der Waals surface area contributed by atoms with Crippen LogP contribution in [0.1, 0.15) is 12.0 Å². The SMILES string of the molecule is COc1ncccc1C1=CCOCC1. The van der Waals surface area contributed by atoms with E-state index >= 15 is 0 Å². The number of rotatable bonds is 2. The molecule has 0 aliphatic carbocycles. The Morgan fingerprint density at radius 2 is 2.43 bits per heavy atom. The van der Waals surface area contributed by atoms with Gasteiger partial charge >= 0.3 is 0 Å². The molecule has 0 amide bonds. The van der Waals surface area contributed by atoms with Crippen LogP contribution in [0.15, 0.2) is 24.4 Å². The highest BCUT2D eigenvalue weighted by molar-refractivity contribution is 5.69. The molecule has 2 rings (SSSR count). The van der Waals surface area contributed by atoms with Crippen LogP contribution in [0.3, 0.4) is 0 Å². The fourth-order valence-electron chi connectivity index (χ4n) is 1.57. The Hall–Kier alpha value is -1.35. The van der Waals surface area contributed by atoms with E-state index in [9.17, 15) is 0 Å². The van der Waals surface area contributed by atoms with Crippen LogP contribution in [0.4, 0.5) is 0 Å². The van der Waals surface area contributed by atoms with Crippen LogP contribution in [-0.2, 0) is 4.74 Å². The highest BCUT2D eigenvalue weighted by Gasteiger charge is 2.11. The first-order valence-corrected chi connectivity index (χ1v) is 4.68. The van der Waals surface area contributed by atoms with Crippen molar-refractivity contribution in [1.29, 1.82) is 0 Å². The normalized spacial score (nSPS) is 16.2. The van der Waals surface area contributed by atoms with Crippen LogP contribution < -0.4 is 4.74 Å². The monoisotopic (exact) mass is 191 g/mol. The second-order valence-electron chi connectivity index (χ2n) is 3.11. The zero-order valence-corrected chi connectivity index (χ0v) is 8.19. The van der Waals surface area contributed by atoms with Crippen molar-refractivity contribution in [3.63, 3.8) is 0 Å². The summed E-state index contributed by atoms with van der Waals surface area (Å²) in [6, 6.07) is 3.96. The Labute approximate surface area is 83.4 Å². The Kier molecular flexibility index (Phi) is 2.79. The van der Waals surface area contributed by atoms with Gasteiger partial charge in [-0.3, -0.25) is 0 Å². The van der Waals surface area contributed by atoms with E-state index in [-0.39, 0.29) is 0 Å². The van der Waals surface area contributed by atoms with Gasteiger partial charge in [-0.2, -0.15) is 0 Å².